The Balaban J connectivity index is 1.66. The molecule has 2 aliphatic heterocycles. The van der Waals surface area contributed by atoms with Gasteiger partial charge in [0.1, 0.15) is 0 Å². The number of carbonyl (C=O) groups excluding carboxylic acids is 1. The van der Waals surface area contributed by atoms with Crippen molar-refractivity contribution in [2.24, 2.45) is 0 Å². The van der Waals surface area contributed by atoms with Gasteiger partial charge < -0.3 is 14.5 Å². The van der Waals surface area contributed by atoms with Gasteiger partial charge in [0.15, 0.2) is 0 Å². The van der Waals surface area contributed by atoms with E-state index in [4.69, 9.17) is 9.72 Å². The van der Waals surface area contributed by atoms with E-state index in [1.54, 1.807) is 6.08 Å². The Labute approximate surface area is 156 Å². The third-order valence-corrected chi connectivity index (χ3v) is 4.93. The number of likely N-dealkylation sites (tertiary alicyclic amines) is 1. The summed E-state index contributed by atoms with van der Waals surface area (Å²) in [5.41, 5.74) is 2.09. The van der Waals surface area contributed by atoms with E-state index in [9.17, 15) is 4.79 Å². The van der Waals surface area contributed by atoms with Gasteiger partial charge in [-0.05, 0) is 39.1 Å². The maximum absolute atomic E-state index is 12.6. The molecule has 6 nitrogen and oxygen atoms in total. The lowest BCUT2D eigenvalue weighted by molar-refractivity contribution is -0.127. The SMILES string of the molecule is CN(C)C/C=C/C(=O)N1CCCC1c1cccc(CN2CCOCC2)n1. The summed E-state index contributed by atoms with van der Waals surface area (Å²) in [5.74, 6) is 0.0923. The number of hydrogen-bond acceptors (Lipinski definition) is 5. The fourth-order valence-corrected chi connectivity index (χ4v) is 3.56. The minimum Gasteiger partial charge on any atom is -0.379 e. The number of likely N-dealkylation sites (N-methyl/N-ethyl adjacent to an activating group) is 1. The Hall–Kier alpha value is -1.76. The summed E-state index contributed by atoms with van der Waals surface area (Å²) < 4.78 is 5.41. The fourth-order valence-electron chi connectivity index (χ4n) is 3.56. The van der Waals surface area contributed by atoms with Crippen LogP contribution in [0.1, 0.15) is 30.3 Å². The molecule has 26 heavy (non-hydrogen) atoms. The molecule has 3 heterocycles. The maximum atomic E-state index is 12.6. The summed E-state index contributed by atoms with van der Waals surface area (Å²) in [5, 5.41) is 0. The molecule has 1 atom stereocenters. The van der Waals surface area contributed by atoms with Gasteiger partial charge in [-0.3, -0.25) is 14.7 Å². The summed E-state index contributed by atoms with van der Waals surface area (Å²) in [6.45, 7) is 5.93. The Morgan fingerprint density at radius 3 is 2.88 bits per heavy atom. The topological polar surface area (TPSA) is 48.9 Å². The average Bonchev–Trinajstić information content (AvgIpc) is 3.12. The number of rotatable bonds is 6. The van der Waals surface area contributed by atoms with Crippen LogP contribution in [-0.2, 0) is 16.1 Å². The first-order valence-electron chi connectivity index (χ1n) is 9.51. The van der Waals surface area contributed by atoms with Crippen molar-refractivity contribution in [3.63, 3.8) is 0 Å². The standard InChI is InChI=1S/C20H30N4O2/c1-22(2)10-5-9-20(25)24-11-4-8-19(24)18-7-3-6-17(21-18)16-23-12-14-26-15-13-23/h3,5-7,9,19H,4,8,10-16H2,1-2H3/b9-5+. The molecule has 0 aliphatic carbocycles. The number of hydrogen-bond donors (Lipinski definition) is 0. The van der Waals surface area contributed by atoms with Crippen LogP contribution in [0.2, 0.25) is 0 Å². The fraction of sp³-hybridized carbons (Fsp3) is 0.600. The smallest absolute Gasteiger partial charge is 0.246 e. The van der Waals surface area contributed by atoms with Gasteiger partial charge in [-0.2, -0.15) is 0 Å². The average molecular weight is 358 g/mol. The van der Waals surface area contributed by atoms with Crippen LogP contribution in [0.3, 0.4) is 0 Å². The lowest BCUT2D eigenvalue weighted by Crippen LogP contribution is -2.36. The molecule has 3 rings (SSSR count). The van der Waals surface area contributed by atoms with Crippen molar-refractivity contribution < 1.29 is 9.53 Å². The highest BCUT2D eigenvalue weighted by Gasteiger charge is 2.29. The molecule has 2 fully saturated rings. The molecule has 0 radical (unpaired) electrons. The van der Waals surface area contributed by atoms with E-state index < -0.39 is 0 Å². The molecule has 6 heteroatoms. The van der Waals surface area contributed by atoms with Crippen LogP contribution in [0.15, 0.2) is 30.4 Å². The zero-order valence-corrected chi connectivity index (χ0v) is 15.9. The maximum Gasteiger partial charge on any atom is 0.246 e. The molecular formula is C20H30N4O2. The zero-order chi connectivity index (χ0) is 18.4. The van der Waals surface area contributed by atoms with Crippen molar-refractivity contribution >= 4 is 5.91 Å². The molecule has 1 aromatic heterocycles. The number of amides is 1. The highest BCUT2D eigenvalue weighted by molar-refractivity contribution is 5.88. The van der Waals surface area contributed by atoms with Gasteiger partial charge in [-0.25, -0.2) is 0 Å². The van der Waals surface area contributed by atoms with E-state index in [0.717, 1.165) is 70.2 Å². The minimum atomic E-state index is 0.0923. The molecule has 0 saturated carbocycles. The van der Waals surface area contributed by atoms with Crippen molar-refractivity contribution in [1.82, 2.24) is 19.7 Å². The minimum absolute atomic E-state index is 0.0923. The third kappa shape index (κ3) is 5.13. The third-order valence-electron chi connectivity index (χ3n) is 4.93. The monoisotopic (exact) mass is 358 g/mol. The Morgan fingerprint density at radius 2 is 2.12 bits per heavy atom. The molecule has 0 aromatic carbocycles. The Kier molecular flexibility index (Phi) is 6.77. The number of nitrogens with zero attached hydrogens (tertiary/aromatic N) is 4. The van der Waals surface area contributed by atoms with Crippen molar-refractivity contribution in [2.45, 2.75) is 25.4 Å². The first kappa shape index (κ1) is 19.0. The van der Waals surface area contributed by atoms with Gasteiger partial charge >= 0.3 is 0 Å². The molecule has 0 N–H and O–H groups in total. The molecule has 0 bridgehead atoms. The van der Waals surface area contributed by atoms with Gasteiger partial charge in [0, 0.05) is 38.8 Å². The van der Waals surface area contributed by atoms with E-state index >= 15 is 0 Å². The molecule has 2 saturated heterocycles. The first-order chi connectivity index (χ1) is 12.6. The van der Waals surface area contributed by atoms with Crippen LogP contribution in [0.25, 0.3) is 0 Å². The summed E-state index contributed by atoms with van der Waals surface area (Å²) in [6, 6.07) is 6.30. The van der Waals surface area contributed by atoms with Crippen LogP contribution in [-0.4, -0.2) is 79.1 Å². The highest BCUT2D eigenvalue weighted by atomic mass is 16.5. The number of morpholine rings is 1. The second kappa shape index (κ2) is 9.26. The van der Waals surface area contributed by atoms with E-state index in [2.05, 4.69) is 23.1 Å². The highest BCUT2D eigenvalue weighted by Crippen LogP contribution is 2.31. The molecule has 142 valence electrons. The zero-order valence-electron chi connectivity index (χ0n) is 15.9. The quantitative estimate of drug-likeness (QED) is 0.725. The van der Waals surface area contributed by atoms with Crippen LogP contribution in [0, 0.1) is 0 Å². The van der Waals surface area contributed by atoms with Crippen LogP contribution in [0.5, 0.6) is 0 Å². The summed E-state index contributed by atoms with van der Waals surface area (Å²) >= 11 is 0. The molecule has 2 aliphatic rings. The van der Waals surface area contributed by atoms with Gasteiger partial charge in [0.2, 0.25) is 5.91 Å². The Bertz CT molecular complexity index is 626. The lowest BCUT2D eigenvalue weighted by Gasteiger charge is -2.27. The van der Waals surface area contributed by atoms with Crippen molar-refractivity contribution in [3.05, 3.63) is 41.7 Å². The predicted molar refractivity (Wildman–Crippen MR) is 102 cm³/mol. The number of pyridine rings is 1. The summed E-state index contributed by atoms with van der Waals surface area (Å²) in [7, 11) is 3.99. The van der Waals surface area contributed by atoms with Crippen LogP contribution >= 0.6 is 0 Å². The second-order valence-corrected chi connectivity index (χ2v) is 7.30. The normalized spacial score (nSPS) is 21.8. The Morgan fingerprint density at radius 1 is 1.31 bits per heavy atom. The molecule has 0 spiro atoms. The van der Waals surface area contributed by atoms with Gasteiger partial charge in [-0.1, -0.05) is 12.1 Å². The molecular weight excluding hydrogens is 328 g/mol. The van der Waals surface area contributed by atoms with E-state index in [1.165, 1.54) is 0 Å². The van der Waals surface area contributed by atoms with Gasteiger partial charge in [0.05, 0.1) is 30.6 Å². The summed E-state index contributed by atoms with van der Waals surface area (Å²) in [4.78, 5) is 23.8. The lowest BCUT2D eigenvalue weighted by atomic mass is 10.1. The van der Waals surface area contributed by atoms with Gasteiger partial charge in [-0.15, -0.1) is 0 Å². The van der Waals surface area contributed by atoms with Crippen LogP contribution < -0.4 is 0 Å². The second-order valence-electron chi connectivity index (χ2n) is 7.30. The van der Waals surface area contributed by atoms with Gasteiger partial charge in [0.25, 0.3) is 0 Å². The molecule has 1 amide bonds. The van der Waals surface area contributed by atoms with Crippen molar-refractivity contribution in [3.8, 4) is 0 Å². The van der Waals surface area contributed by atoms with E-state index in [-0.39, 0.29) is 11.9 Å². The largest absolute Gasteiger partial charge is 0.379 e. The van der Waals surface area contributed by atoms with E-state index in [1.807, 2.05) is 30.0 Å². The van der Waals surface area contributed by atoms with E-state index in [0.29, 0.717) is 0 Å². The summed E-state index contributed by atoms with van der Waals surface area (Å²) in [6.07, 6.45) is 5.66. The van der Waals surface area contributed by atoms with Crippen LogP contribution in [0.4, 0.5) is 0 Å². The molecule has 1 aromatic rings. The first-order valence-corrected chi connectivity index (χ1v) is 9.51. The number of aromatic nitrogens is 1. The predicted octanol–water partition coefficient (Wildman–Crippen LogP) is 1.70. The number of ether oxygens (including phenoxy) is 1. The molecule has 1 unspecified atom stereocenters. The number of carbonyl (C=O) groups is 1. The van der Waals surface area contributed by atoms with Crippen molar-refractivity contribution in [2.75, 3.05) is 53.5 Å². The van der Waals surface area contributed by atoms with Crippen molar-refractivity contribution in [1.29, 1.82) is 0 Å².